The van der Waals surface area contributed by atoms with Crippen LogP contribution in [-0.4, -0.2) is 46.1 Å². The molecule has 52 heavy (non-hydrogen) atoms. The van der Waals surface area contributed by atoms with Crippen molar-refractivity contribution in [3.8, 4) is 0 Å². The molecular weight excluding hydrogens is 643 g/mol. The van der Waals surface area contributed by atoms with Crippen LogP contribution in [-0.2, 0) is 4.79 Å². The molecule has 0 saturated carbocycles. The number of aliphatic hydroxyl groups excluding tert-OH is 3. The summed E-state index contributed by atoms with van der Waals surface area (Å²) in [4.78, 5) is 12.5. The van der Waals surface area contributed by atoms with Gasteiger partial charge in [0.2, 0.25) is 5.91 Å². The molecule has 0 aliphatic carbocycles. The van der Waals surface area contributed by atoms with Crippen LogP contribution in [0.4, 0.5) is 0 Å². The highest BCUT2D eigenvalue weighted by Crippen LogP contribution is 2.17. The van der Waals surface area contributed by atoms with E-state index < -0.39 is 18.2 Å². The summed E-state index contributed by atoms with van der Waals surface area (Å²) in [6.45, 7) is 4.29. The molecule has 3 unspecified atom stereocenters. The molecule has 0 aliphatic heterocycles. The van der Waals surface area contributed by atoms with Crippen molar-refractivity contribution in [2.45, 2.75) is 289 Å². The Kier molecular flexibility index (Phi) is 42.5. The first-order valence-corrected chi connectivity index (χ1v) is 23.8. The monoisotopic (exact) mass is 738 g/mol. The number of carbonyl (C=O) groups is 1. The van der Waals surface area contributed by atoms with Crippen molar-refractivity contribution in [3.63, 3.8) is 0 Å². The number of nitrogens with one attached hydrogen (secondary N) is 1. The number of unbranched alkanes of at least 4 members (excludes halogenated alkanes) is 35. The molecule has 4 N–H and O–H groups in total. The molecule has 0 radical (unpaired) electrons. The lowest BCUT2D eigenvalue weighted by Crippen LogP contribution is -2.46. The molecule has 0 fully saturated rings. The van der Waals surface area contributed by atoms with E-state index in [4.69, 9.17) is 0 Å². The lowest BCUT2D eigenvalue weighted by Gasteiger charge is -2.23. The first-order valence-electron chi connectivity index (χ1n) is 23.8. The number of hydrogen-bond acceptors (Lipinski definition) is 4. The van der Waals surface area contributed by atoms with Crippen molar-refractivity contribution in [2.24, 2.45) is 0 Å². The second-order valence-electron chi connectivity index (χ2n) is 16.7. The summed E-state index contributed by atoms with van der Waals surface area (Å²) in [5.41, 5.74) is 0. The van der Waals surface area contributed by atoms with Crippen LogP contribution in [0.2, 0.25) is 0 Å². The maximum Gasteiger partial charge on any atom is 0.222 e. The fourth-order valence-electron chi connectivity index (χ4n) is 7.76. The summed E-state index contributed by atoms with van der Waals surface area (Å²) in [6, 6.07) is -0.652. The largest absolute Gasteiger partial charge is 0.394 e. The lowest BCUT2D eigenvalue weighted by atomic mass is 10.0. The molecule has 0 spiro atoms. The van der Waals surface area contributed by atoms with E-state index in [-0.39, 0.29) is 18.9 Å². The molecule has 0 heterocycles. The Morgan fingerprint density at radius 2 is 0.654 bits per heavy atom. The van der Waals surface area contributed by atoms with Crippen LogP contribution in [0.25, 0.3) is 0 Å². The standard InChI is InChI=1S/C47H95NO4/c1-3-5-7-9-11-13-15-17-19-20-21-22-23-24-25-26-27-29-31-33-35-37-39-41-46(51)45(43-49)48-47(52)42-44(50)40-38-36-34-32-30-28-18-16-14-12-10-8-6-4-2/h44-46,49-51H,3-43H2,1-2H3,(H,48,52). The molecule has 312 valence electrons. The minimum Gasteiger partial charge on any atom is -0.394 e. The zero-order valence-corrected chi connectivity index (χ0v) is 35.5. The molecule has 3 atom stereocenters. The predicted octanol–water partition coefficient (Wildman–Crippen LogP) is 13.8. The van der Waals surface area contributed by atoms with Gasteiger partial charge in [0.05, 0.1) is 31.3 Å². The maximum absolute atomic E-state index is 12.5. The third-order valence-electron chi connectivity index (χ3n) is 11.4. The Labute approximate surface area is 326 Å². The summed E-state index contributed by atoms with van der Waals surface area (Å²) in [5, 5.41) is 33.5. The Bertz CT molecular complexity index is 688. The average molecular weight is 738 g/mol. The molecule has 0 aromatic rings. The quantitative estimate of drug-likeness (QED) is 0.0469. The van der Waals surface area contributed by atoms with Crippen molar-refractivity contribution < 1.29 is 20.1 Å². The van der Waals surface area contributed by atoms with Gasteiger partial charge in [-0.2, -0.15) is 0 Å². The fraction of sp³-hybridized carbons (Fsp3) is 0.979. The van der Waals surface area contributed by atoms with E-state index in [0.29, 0.717) is 12.8 Å². The van der Waals surface area contributed by atoms with Gasteiger partial charge in [0.15, 0.2) is 0 Å². The highest BCUT2D eigenvalue weighted by atomic mass is 16.3. The van der Waals surface area contributed by atoms with Crippen molar-refractivity contribution >= 4 is 5.91 Å². The summed E-state index contributed by atoms with van der Waals surface area (Å²) in [6.07, 6.45) is 49.4. The zero-order valence-electron chi connectivity index (χ0n) is 35.5. The van der Waals surface area contributed by atoms with E-state index >= 15 is 0 Å². The zero-order chi connectivity index (χ0) is 38.0. The number of aliphatic hydroxyl groups is 3. The minimum atomic E-state index is -0.744. The molecule has 0 bridgehead atoms. The summed E-state index contributed by atoms with van der Waals surface area (Å²) in [7, 11) is 0. The number of hydrogen-bond donors (Lipinski definition) is 4. The second kappa shape index (κ2) is 43.1. The van der Waals surface area contributed by atoms with Gasteiger partial charge in [0, 0.05) is 0 Å². The highest BCUT2D eigenvalue weighted by Gasteiger charge is 2.21. The van der Waals surface area contributed by atoms with Crippen molar-refractivity contribution in [1.82, 2.24) is 5.32 Å². The minimum absolute atomic E-state index is 0.0428. The lowest BCUT2D eigenvalue weighted by molar-refractivity contribution is -0.125. The fourth-order valence-corrected chi connectivity index (χ4v) is 7.76. The average Bonchev–Trinajstić information content (AvgIpc) is 3.14. The molecule has 0 aromatic heterocycles. The van der Waals surface area contributed by atoms with E-state index in [9.17, 15) is 20.1 Å². The SMILES string of the molecule is CCCCCCCCCCCCCCCCCCCCCCCCCC(O)C(CO)NC(=O)CC(O)CCCCCCCCCCCCCCCC. The smallest absolute Gasteiger partial charge is 0.222 e. The van der Waals surface area contributed by atoms with Gasteiger partial charge in [-0.15, -0.1) is 0 Å². The van der Waals surface area contributed by atoms with Gasteiger partial charge in [-0.25, -0.2) is 0 Å². The molecule has 0 saturated heterocycles. The number of amides is 1. The molecule has 0 rings (SSSR count). The van der Waals surface area contributed by atoms with Crippen molar-refractivity contribution in [2.75, 3.05) is 6.61 Å². The van der Waals surface area contributed by atoms with Crippen LogP contribution in [0.5, 0.6) is 0 Å². The molecule has 0 aromatic carbocycles. The van der Waals surface area contributed by atoms with Gasteiger partial charge >= 0.3 is 0 Å². The molecule has 0 aliphatic rings. The van der Waals surface area contributed by atoms with E-state index in [0.717, 1.165) is 25.7 Å². The molecular formula is C47H95NO4. The third kappa shape index (κ3) is 39.1. The van der Waals surface area contributed by atoms with Crippen LogP contribution in [0.15, 0.2) is 0 Å². The number of carbonyl (C=O) groups excluding carboxylic acids is 1. The summed E-state index contributed by atoms with van der Waals surface area (Å²) >= 11 is 0. The predicted molar refractivity (Wildman–Crippen MR) is 227 cm³/mol. The van der Waals surface area contributed by atoms with E-state index in [1.54, 1.807) is 0 Å². The Balaban J connectivity index is 3.53. The molecule has 5 heteroatoms. The van der Waals surface area contributed by atoms with Crippen LogP contribution in [0, 0.1) is 0 Å². The van der Waals surface area contributed by atoms with Gasteiger partial charge in [0.25, 0.3) is 0 Å². The highest BCUT2D eigenvalue weighted by molar-refractivity contribution is 5.76. The van der Waals surface area contributed by atoms with Gasteiger partial charge in [-0.05, 0) is 12.8 Å². The van der Waals surface area contributed by atoms with Crippen molar-refractivity contribution in [3.05, 3.63) is 0 Å². The van der Waals surface area contributed by atoms with Crippen LogP contribution in [0.1, 0.15) is 271 Å². The van der Waals surface area contributed by atoms with Crippen LogP contribution >= 0.6 is 0 Å². The Hall–Kier alpha value is -0.650. The van der Waals surface area contributed by atoms with Gasteiger partial charge in [-0.3, -0.25) is 4.79 Å². The summed E-state index contributed by atoms with van der Waals surface area (Å²) in [5.74, 6) is -0.277. The van der Waals surface area contributed by atoms with Crippen molar-refractivity contribution in [1.29, 1.82) is 0 Å². The van der Waals surface area contributed by atoms with Gasteiger partial charge in [0.1, 0.15) is 0 Å². The van der Waals surface area contributed by atoms with Crippen LogP contribution in [0.3, 0.4) is 0 Å². The maximum atomic E-state index is 12.5. The van der Waals surface area contributed by atoms with Gasteiger partial charge in [-0.1, -0.05) is 251 Å². The first kappa shape index (κ1) is 51.4. The Morgan fingerprint density at radius 1 is 0.404 bits per heavy atom. The molecule has 5 nitrogen and oxygen atoms in total. The Morgan fingerprint density at radius 3 is 0.923 bits per heavy atom. The first-order chi connectivity index (χ1) is 25.5. The van der Waals surface area contributed by atoms with E-state index in [1.165, 1.54) is 212 Å². The van der Waals surface area contributed by atoms with Crippen LogP contribution < -0.4 is 5.32 Å². The number of rotatable bonds is 44. The normalized spacial score (nSPS) is 13.4. The van der Waals surface area contributed by atoms with Gasteiger partial charge < -0.3 is 20.6 Å². The molecule has 1 amide bonds. The topological polar surface area (TPSA) is 89.8 Å². The van der Waals surface area contributed by atoms with E-state index in [1.807, 2.05) is 0 Å². The van der Waals surface area contributed by atoms with E-state index in [2.05, 4.69) is 19.2 Å². The third-order valence-corrected chi connectivity index (χ3v) is 11.4. The summed E-state index contributed by atoms with van der Waals surface area (Å²) < 4.78 is 0. The second-order valence-corrected chi connectivity index (χ2v) is 16.7.